The van der Waals surface area contributed by atoms with Crippen molar-refractivity contribution in [3.05, 3.63) is 36.1 Å². The Morgan fingerprint density at radius 2 is 2.29 bits per heavy atom. The van der Waals surface area contributed by atoms with Crippen LogP contribution in [0.4, 0.5) is 8.78 Å². The summed E-state index contributed by atoms with van der Waals surface area (Å²) in [6.45, 7) is 5.45. The van der Waals surface area contributed by atoms with Gasteiger partial charge in [-0.15, -0.1) is 0 Å². The van der Waals surface area contributed by atoms with E-state index in [4.69, 9.17) is 4.74 Å². The van der Waals surface area contributed by atoms with Gasteiger partial charge in [-0.3, -0.25) is 0 Å². The highest BCUT2D eigenvalue weighted by Gasteiger charge is 2.27. The third kappa shape index (κ3) is 2.44. The van der Waals surface area contributed by atoms with Crippen molar-refractivity contribution in [1.82, 2.24) is 0 Å². The highest BCUT2D eigenvalue weighted by atomic mass is 19.3. The second-order valence-electron chi connectivity index (χ2n) is 3.12. The van der Waals surface area contributed by atoms with Gasteiger partial charge in [-0.05, 0) is 31.4 Å². The molecule has 0 aromatic carbocycles. The third-order valence-electron chi connectivity index (χ3n) is 2.14. The molecule has 0 spiro atoms. The maximum Gasteiger partial charge on any atom is 0.274 e. The Morgan fingerprint density at radius 3 is 2.79 bits per heavy atom. The second kappa shape index (κ2) is 4.94. The lowest BCUT2D eigenvalue weighted by atomic mass is 10.0. The summed E-state index contributed by atoms with van der Waals surface area (Å²) in [6.07, 6.45) is 2.72. The van der Waals surface area contributed by atoms with Crippen LogP contribution < -0.4 is 0 Å². The van der Waals surface area contributed by atoms with Gasteiger partial charge in [-0.2, -0.15) is 0 Å². The molecule has 0 aliphatic carbocycles. The molecule has 3 heteroatoms. The molecule has 0 bridgehead atoms. The molecule has 0 radical (unpaired) electrons. The van der Waals surface area contributed by atoms with E-state index in [1.165, 1.54) is 0 Å². The number of allylic oxidation sites excluding steroid dienone is 4. The highest BCUT2D eigenvalue weighted by Crippen LogP contribution is 2.28. The van der Waals surface area contributed by atoms with Gasteiger partial charge < -0.3 is 4.74 Å². The van der Waals surface area contributed by atoms with E-state index >= 15 is 0 Å². The Labute approximate surface area is 82.8 Å². The number of alkyl halides is 2. The SMILES string of the molecule is C=CC1=C(/C=C\C)O[C@H](C(F)F)CC1. The van der Waals surface area contributed by atoms with Crippen LogP contribution in [0.3, 0.4) is 0 Å². The predicted molar refractivity (Wildman–Crippen MR) is 52.1 cm³/mol. The summed E-state index contributed by atoms with van der Waals surface area (Å²) in [5, 5.41) is 0. The molecule has 1 aliphatic rings. The molecule has 0 amide bonds. The minimum Gasteiger partial charge on any atom is -0.484 e. The lowest BCUT2D eigenvalue weighted by Gasteiger charge is -2.25. The Hall–Kier alpha value is -1.12. The molecule has 0 aromatic rings. The monoisotopic (exact) mass is 200 g/mol. The Bertz CT molecular complexity index is 266. The van der Waals surface area contributed by atoms with E-state index in [0.29, 0.717) is 18.6 Å². The molecule has 1 atom stereocenters. The molecule has 0 fully saturated rings. The normalized spacial score (nSPS) is 23.0. The number of halogens is 2. The Kier molecular flexibility index (Phi) is 3.86. The van der Waals surface area contributed by atoms with E-state index in [1.54, 1.807) is 18.2 Å². The predicted octanol–water partition coefficient (Wildman–Crippen LogP) is 3.45. The topological polar surface area (TPSA) is 9.23 Å². The average Bonchev–Trinajstić information content (AvgIpc) is 2.18. The van der Waals surface area contributed by atoms with Crippen molar-refractivity contribution in [2.45, 2.75) is 32.3 Å². The summed E-state index contributed by atoms with van der Waals surface area (Å²) in [5.74, 6) is 0.527. The summed E-state index contributed by atoms with van der Waals surface area (Å²) in [5.41, 5.74) is 0.903. The lowest BCUT2D eigenvalue weighted by Crippen LogP contribution is -2.25. The van der Waals surface area contributed by atoms with Crippen LogP contribution in [0.25, 0.3) is 0 Å². The van der Waals surface area contributed by atoms with Gasteiger partial charge in [0.1, 0.15) is 5.76 Å². The minimum absolute atomic E-state index is 0.361. The van der Waals surface area contributed by atoms with Crippen LogP contribution in [-0.2, 0) is 4.74 Å². The molecule has 1 aliphatic heterocycles. The van der Waals surface area contributed by atoms with Crippen molar-refractivity contribution in [1.29, 1.82) is 0 Å². The smallest absolute Gasteiger partial charge is 0.274 e. The van der Waals surface area contributed by atoms with Crippen LogP contribution in [0.15, 0.2) is 36.1 Å². The van der Waals surface area contributed by atoms with E-state index in [-0.39, 0.29) is 0 Å². The fourth-order valence-corrected chi connectivity index (χ4v) is 1.40. The highest BCUT2D eigenvalue weighted by molar-refractivity contribution is 5.29. The number of rotatable bonds is 3. The largest absolute Gasteiger partial charge is 0.484 e. The molecule has 14 heavy (non-hydrogen) atoms. The lowest BCUT2D eigenvalue weighted by molar-refractivity contribution is -0.0330. The first-order valence-corrected chi connectivity index (χ1v) is 4.62. The molecule has 1 heterocycles. The average molecular weight is 200 g/mol. The minimum atomic E-state index is -2.42. The summed E-state index contributed by atoms with van der Waals surface area (Å²) < 4.78 is 29.9. The van der Waals surface area contributed by atoms with Gasteiger partial charge in [-0.25, -0.2) is 8.78 Å². The van der Waals surface area contributed by atoms with Gasteiger partial charge >= 0.3 is 0 Å². The summed E-state index contributed by atoms with van der Waals surface area (Å²) >= 11 is 0. The van der Waals surface area contributed by atoms with Gasteiger partial charge in [0, 0.05) is 0 Å². The van der Waals surface area contributed by atoms with Crippen molar-refractivity contribution in [2.75, 3.05) is 0 Å². The number of hydrogen-bond acceptors (Lipinski definition) is 1. The van der Waals surface area contributed by atoms with E-state index in [9.17, 15) is 8.78 Å². The molecular weight excluding hydrogens is 186 g/mol. The molecule has 0 unspecified atom stereocenters. The standard InChI is InChI=1S/C11H14F2O/c1-3-5-9-8(4-2)6-7-10(14-9)11(12)13/h3-5,10-11H,2,6-7H2,1H3/b5-3-/t10-/m0/s1. The number of ether oxygens (including phenoxy) is 1. The summed E-state index contributed by atoms with van der Waals surface area (Å²) in [4.78, 5) is 0. The van der Waals surface area contributed by atoms with Gasteiger partial charge in [0.25, 0.3) is 6.43 Å². The zero-order valence-electron chi connectivity index (χ0n) is 8.17. The van der Waals surface area contributed by atoms with E-state index in [2.05, 4.69) is 6.58 Å². The molecule has 0 N–H and O–H groups in total. The zero-order chi connectivity index (χ0) is 10.6. The molecule has 1 rings (SSSR count). The van der Waals surface area contributed by atoms with Gasteiger partial charge in [-0.1, -0.05) is 18.7 Å². The van der Waals surface area contributed by atoms with Crippen molar-refractivity contribution >= 4 is 0 Å². The summed E-state index contributed by atoms with van der Waals surface area (Å²) in [7, 11) is 0. The van der Waals surface area contributed by atoms with Crippen LogP contribution in [0.1, 0.15) is 19.8 Å². The molecule has 78 valence electrons. The number of hydrogen-bond donors (Lipinski definition) is 0. The van der Waals surface area contributed by atoms with Gasteiger partial charge in [0.2, 0.25) is 0 Å². The quantitative estimate of drug-likeness (QED) is 0.678. The van der Waals surface area contributed by atoms with Gasteiger partial charge in [0.15, 0.2) is 6.10 Å². The fraction of sp³-hybridized carbons (Fsp3) is 0.455. The van der Waals surface area contributed by atoms with Crippen molar-refractivity contribution in [3.63, 3.8) is 0 Å². The van der Waals surface area contributed by atoms with Crippen LogP contribution >= 0.6 is 0 Å². The first-order valence-electron chi connectivity index (χ1n) is 4.62. The van der Waals surface area contributed by atoms with Crippen molar-refractivity contribution in [2.24, 2.45) is 0 Å². The van der Waals surface area contributed by atoms with Gasteiger partial charge in [0.05, 0.1) is 0 Å². The Balaban J connectivity index is 2.81. The van der Waals surface area contributed by atoms with Crippen molar-refractivity contribution < 1.29 is 13.5 Å². The summed E-state index contributed by atoms with van der Waals surface area (Å²) in [6, 6.07) is 0. The second-order valence-corrected chi connectivity index (χ2v) is 3.12. The molecule has 1 nitrogen and oxygen atoms in total. The van der Waals surface area contributed by atoms with Crippen LogP contribution in [0.2, 0.25) is 0 Å². The maximum absolute atomic E-state index is 12.4. The van der Waals surface area contributed by atoms with E-state index in [0.717, 1.165) is 5.57 Å². The molecule has 0 aromatic heterocycles. The fourth-order valence-electron chi connectivity index (χ4n) is 1.40. The van der Waals surface area contributed by atoms with E-state index < -0.39 is 12.5 Å². The van der Waals surface area contributed by atoms with Crippen LogP contribution in [0.5, 0.6) is 0 Å². The van der Waals surface area contributed by atoms with E-state index in [1.807, 2.05) is 6.92 Å². The molecular formula is C11H14F2O. The zero-order valence-corrected chi connectivity index (χ0v) is 8.17. The maximum atomic E-state index is 12.4. The van der Waals surface area contributed by atoms with Crippen molar-refractivity contribution in [3.8, 4) is 0 Å². The van der Waals surface area contributed by atoms with Crippen LogP contribution in [-0.4, -0.2) is 12.5 Å². The van der Waals surface area contributed by atoms with Crippen LogP contribution in [0, 0.1) is 0 Å². The first-order chi connectivity index (χ1) is 6.69. The molecule has 0 saturated heterocycles. The molecule has 0 saturated carbocycles. The first kappa shape index (κ1) is 11.0. The Morgan fingerprint density at radius 1 is 1.57 bits per heavy atom. The third-order valence-corrected chi connectivity index (χ3v) is 2.14.